The summed E-state index contributed by atoms with van der Waals surface area (Å²) in [7, 11) is 0. The molecule has 3 heterocycles. The molecule has 32 heavy (non-hydrogen) atoms. The fourth-order valence-corrected chi connectivity index (χ4v) is 3.77. The van der Waals surface area contributed by atoms with Gasteiger partial charge in [-0.2, -0.15) is 9.20 Å². The van der Waals surface area contributed by atoms with E-state index in [1.54, 1.807) is 36.4 Å². The maximum atomic E-state index is 13.3. The molecule has 0 saturated carbocycles. The van der Waals surface area contributed by atoms with Crippen molar-refractivity contribution in [1.29, 1.82) is 0 Å². The Morgan fingerprint density at radius 1 is 0.812 bits per heavy atom. The van der Waals surface area contributed by atoms with Crippen molar-refractivity contribution in [1.82, 2.24) is 24.8 Å². The van der Waals surface area contributed by atoms with Gasteiger partial charge in [0, 0.05) is 11.8 Å². The van der Waals surface area contributed by atoms with E-state index in [0.29, 0.717) is 15.6 Å². The topological polar surface area (TPSA) is 149 Å². The van der Waals surface area contributed by atoms with Gasteiger partial charge in [-0.15, -0.1) is 0 Å². The number of amides is 4. The van der Waals surface area contributed by atoms with Crippen LogP contribution in [0.1, 0.15) is 11.2 Å². The lowest BCUT2D eigenvalue weighted by atomic mass is 10.0. The van der Waals surface area contributed by atoms with Gasteiger partial charge in [0.25, 0.3) is 11.1 Å². The predicted octanol–water partition coefficient (Wildman–Crippen LogP) is 0.175. The summed E-state index contributed by atoms with van der Waals surface area (Å²) in [5, 5.41) is 4.49. The highest BCUT2D eigenvalue weighted by Gasteiger charge is 2.36. The van der Waals surface area contributed by atoms with E-state index in [4.69, 9.17) is 0 Å². The second-order valence-corrected chi connectivity index (χ2v) is 7.19. The third-order valence-corrected chi connectivity index (χ3v) is 5.27. The molecule has 1 aliphatic rings. The van der Waals surface area contributed by atoms with E-state index in [1.165, 1.54) is 12.1 Å². The molecule has 158 valence electrons. The van der Waals surface area contributed by atoms with Crippen molar-refractivity contribution in [3.05, 3.63) is 69.2 Å². The molecule has 2 aromatic heterocycles. The van der Waals surface area contributed by atoms with E-state index in [0.717, 1.165) is 4.52 Å². The third kappa shape index (κ3) is 2.79. The number of imide groups is 2. The molecule has 0 atom stereocenters. The molecular weight excluding hydrogens is 418 g/mol. The first-order chi connectivity index (χ1) is 15.4. The van der Waals surface area contributed by atoms with E-state index in [9.17, 15) is 28.8 Å². The minimum Gasteiger partial charge on any atom is -0.277 e. The highest BCUT2D eigenvalue weighted by molar-refractivity contribution is 6.17. The van der Waals surface area contributed by atoms with Crippen LogP contribution in [0.25, 0.3) is 27.3 Å². The van der Waals surface area contributed by atoms with Crippen molar-refractivity contribution in [3.8, 4) is 0 Å². The quantitative estimate of drug-likeness (QED) is 0.261. The Hall–Kier alpha value is -4.67. The highest BCUT2D eigenvalue weighted by atomic mass is 16.2. The van der Waals surface area contributed by atoms with E-state index in [1.807, 2.05) is 10.6 Å². The fraction of sp³-hybridized carbons (Fsp3) is 0.0952. The van der Waals surface area contributed by atoms with E-state index in [2.05, 4.69) is 4.98 Å². The van der Waals surface area contributed by atoms with Crippen LogP contribution in [0.5, 0.6) is 0 Å². The number of fused-ring (bicyclic) bond motifs is 4. The summed E-state index contributed by atoms with van der Waals surface area (Å²) in [4.78, 5) is 79.6. The zero-order valence-electron chi connectivity index (χ0n) is 16.2. The second-order valence-electron chi connectivity index (χ2n) is 7.19. The first-order valence-electron chi connectivity index (χ1n) is 9.51. The average Bonchev–Trinajstić information content (AvgIpc) is 2.77. The lowest BCUT2D eigenvalue weighted by molar-refractivity contribution is -0.135. The molecule has 0 aliphatic carbocycles. The zero-order chi connectivity index (χ0) is 22.6. The molecular formula is C21H13N5O6. The van der Waals surface area contributed by atoms with E-state index >= 15 is 0 Å². The summed E-state index contributed by atoms with van der Waals surface area (Å²) in [6.07, 6.45) is -0.739. The van der Waals surface area contributed by atoms with Crippen LogP contribution >= 0.6 is 0 Å². The number of para-hydroxylation sites is 1. The minimum absolute atomic E-state index is 0.0741. The van der Waals surface area contributed by atoms with Crippen LogP contribution in [-0.2, 0) is 9.59 Å². The van der Waals surface area contributed by atoms with Crippen LogP contribution in [0, 0.1) is 5.92 Å². The summed E-state index contributed by atoms with van der Waals surface area (Å²) in [6, 6.07) is 11.8. The number of barbiturate groups is 1. The summed E-state index contributed by atoms with van der Waals surface area (Å²) in [5.41, 5.74) is -1.01. The highest BCUT2D eigenvalue weighted by Crippen LogP contribution is 2.18. The van der Waals surface area contributed by atoms with Gasteiger partial charge in [0.15, 0.2) is 5.65 Å². The molecule has 2 aromatic carbocycles. The molecule has 4 aromatic rings. The maximum absolute atomic E-state index is 13.3. The van der Waals surface area contributed by atoms with Gasteiger partial charge in [0.1, 0.15) is 5.92 Å². The average molecular weight is 431 g/mol. The number of rotatable bonds is 2. The predicted molar refractivity (Wildman–Crippen MR) is 111 cm³/mol. The minimum atomic E-state index is -1.54. The third-order valence-electron chi connectivity index (χ3n) is 5.27. The van der Waals surface area contributed by atoms with Gasteiger partial charge in [-0.1, -0.05) is 30.3 Å². The monoisotopic (exact) mass is 431 g/mol. The number of hydrogen-bond donors (Lipinski definition) is 2. The Morgan fingerprint density at radius 2 is 1.41 bits per heavy atom. The Morgan fingerprint density at radius 3 is 2.09 bits per heavy atom. The number of carbonyl (C=O) groups excluding carboxylic acids is 4. The van der Waals surface area contributed by atoms with E-state index in [-0.39, 0.29) is 16.4 Å². The Kier molecular flexibility index (Phi) is 4.19. The van der Waals surface area contributed by atoms with Crippen LogP contribution in [-0.4, -0.2) is 37.9 Å². The number of nitrogens with zero attached hydrogens (tertiary/aromatic N) is 3. The van der Waals surface area contributed by atoms with Crippen molar-refractivity contribution in [2.45, 2.75) is 6.42 Å². The molecule has 11 heteroatoms. The first kappa shape index (κ1) is 19.3. The van der Waals surface area contributed by atoms with Crippen molar-refractivity contribution >= 4 is 51.1 Å². The molecule has 2 N–H and O–H groups in total. The largest absolute Gasteiger partial charge is 0.328 e. The summed E-state index contributed by atoms with van der Waals surface area (Å²) in [5.74, 6) is -4.46. The summed E-state index contributed by atoms with van der Waals surface area (Å²) < 4.78 is 1.45. The lowest BCUT2D eigenvalue weighted by Gasteiger charge is -2.20. The van der Waals surface area contributed by atoms with Gasteiger partial charge >= 0.3 is 6.03 Å². The molecule has 1 saturated heterocycles. The van der Waals surface area contributed by atoms with Crippen LogP contribution < -0.4 is 21.8 Å². The van der Waals surface area contributed by atoms with Gasteiger partial charge in [-0.25, -0.2) is 9.78 Å². The van der Waals surface area contributed by atoms with Crippen molar-refractivity contribution in [2.75, 3.05) is 0 Å². The number of aromatic nitrogens is 3. The molecule has 0 bridgehead atoms. The van der Waals surface area contributed by atoms with Crippen molar-refractivity contribution in [3.63, 3.8) is 0 Å². The molecule has 1 fully saturated rings. The number of urea groups is 1. The van der Waals surface area contributed by atoms with Crippen molar-refractivity contribution in [2.24, 2.45) is 5.92 Å². The number of nitrogens with one attached hydrogen (secondary N) is 2. The molecule has 0 unspecified atom stereocenters. The summed E-state index contributed by atoms with van der Waals surface area (Å²) in [6.45, 7) is 0. The number of hydrogen-bond acceptors (Lipinski definition) is 7. The Balaban J connectivity index is 1.80. The van der Waals surface area contributed by atoms with Gasteiger partial charge in [0.2, 0.25) is 17.7 Å². The van der Waals surface area contributed by atoms with Crippen LogP contribution in [0.3, 0.4) is 0 Å². The van der Waals surface area contributed by atoms with Gasteiger partial charge in [-0.3, -0.25) is 34.6 Å². The second kappa shape index (κ2) is 6.94. The van der Waals surface area contributed by atoms with Gasteiger partial charge in [-0.05, 0) is 18.2 Å². The van der Waals surface area contributed by atoms with Crippen LogP contribution in [0.2, 0.25) is 0 Å². The molecule has 5 rings (SSSR count). The normalized spacial score (nSPS) is 14.7. The Bertz CT molecular complexity index is 1610. The fourth-order valence-electron chi connectivity index (χ4n) is 3.77. The standard InChI is InChI=1S/C21H13N5O6/c27-15(9-13-17(28)23-21(32)24-18(13)29)25-19(30)11-6-2-1-5-10(11)16-22-14-8-4-3-7-12(14)20(31)26(16)25/h1-8,13H,9H2,(H2,23,24,28,29,32). The first-order valence-corrected chi connectivity index (χ1v) is 9.51. The lowest BCUT2D eigenvalue weighted by Crippen LogP contribution is -2.56. The summed E-state index contributed by atoms with van der Waals surface area (Å²) >= 11 is 0. The van der Waals surface area contributed by atoms with Gasteiger partial charge in [0.05, 0.1) is 16.3 Å². The molecule has 0 radical (unpaired) electrons. The Labute approximate surface area is 177 Å². The molecule has 0 spiro atoms. The van der Waals surface area contributed by atoms with Crippen LogP contribution in [0.4, 0.5) is 4.79 Å². The maximum Gasteiger partial charge on any atom is 0.328 e. The zero-order valence-corrected chi connectivity index (χ0v) is 16.2. The molecule has 11 nitrogen and oxygen atoms in total. The number of benzene rings is 2. The molecule has 4 amide bonds. The number of carbonyl (C=O) groups is 4. The van der Waals surface area contributed by atoms with Crippen LogP contribution in [0.15, 0.2) is 58.1 Å². The molecule has 1 aliphatic heterocycles. The van der Waals surface area contributed by atoms with Gasteiger partial charge < -0.3 is 0 Å². The SMILES string of the molecule is O=C1NC(=O)C(CC(=O)n2c(=O)c3ccccc3c3nc4ccccc4c(=O)n32)C(=O)N1. The van der Waals surface area contributed by atoms with E-state index < -0.39 is 47.2 Å². The smallest absolute Gasteiger partial charge is 0.277 e. The van der Waals surface area contributed by atoms with Crippen molar-refractivity contribution < 1.29 is 19.2 Å².